The molecule has 0 unspecified atom stereocenters. The van der Waals surface area contributed by atoms with Crippen molar-refractivity contribution in [3.05, 3.63) is 72.8 Å². The number of ether oxygens (including phenoxy) is 2. The van der Waals surface area contributed by atoms with Crippen LogP contribution in [0.4, 0.5) is 0 Å². The molecular weight excluding hydrogens is 588 g/mol. The van der Waals surface area contributed by atoms with E-state index in [0.717, 1.165) is 71.1 Å². The van der Waals surface area contributed by atoms with Gasteiger partial charge < -0.3 is 9.47 Å². The van der Waals surface area contributed by atoms with Crippen LogP contribution in [0, 0.1) is 0 Å². The van der Waals surface area contributed by atoms with Gasteiger partial charge in [-0.2, -0.15) is 0 Å². The van der Waals surface area contributed by atoms with Crippen molar-refractivity contribution in [3.63, 3.8) is 0 Å². The number of nitrogens with zero attached hydrogens (tertiary/aromatic N) is 2. The zero-order chi connectivity index (χ0) is 33.5. The van der Waals surface area contributed by atoms with Gasteiger partial charge in [0.2, 0.25) is 0 Å². The highest BCUT2D eigenvalue weighted by atomic mass is 16.5. The fraction of sp³-hybridized carbons (Fsp3) is 0.545. The molecule has 4 rings (SSSR count). The Hall–Kier alpha value is -3.40. The molecule has 0 aliphatic carbocycles. The highest BCUT2D eigenvalue weighted by Crippen LogP contribution is 2.34. The predicted molar refractivity (Wildman–Crippen MR) is 205 cm³/mol. The molecule has 0 amide bonds. The van der Waals surface area contributed by atoms with E-state index in [1.165, 1.54) is 116 Å². The first-order chi connectivity index (χ1) is 23.8. The minimum absolute atomic E-state index is 0.745. The summed E-state index contributed by atoms with van der Waals surface area (Å²) in [6.45, 7) is 6.05. The van der Waals surface area contributed by atoms with Gasteiger partial charge in [-0.25, -0.2) is 9.97 Å². The summed E-state index contributed by atoms with van der Waals surface area (Å²) >= 11 is 0. The Labute approximate surface area is 292 Å². The molecule has 0 bridgehead atoms. The topological polar surface area (TPSA) is 44.2 Å². The molecule has 4 aromatic rings. The average molecular weight is 651 g/mol. The summed E-state index contributed by atoms with van der Waals surface area (Å²) in [5.74, 6) is 1.77. The number of unbranched alkanes of at least 4 members (excludes halogenated alkanes) is 18. The van der Waals surface area contributed by atoms with E-state index in [-0.39, 0.29) is 0 Å². The lowest BCUT2D eigenvalue weighted by molar-refractivity contribution is 0.304. The first-order valence-electron chi connectivity index (χ1n) is 19.5. The predicted octanol–water partition coefficient (Wildman–Crippen LogP) is 13.6. The SMILES string of the molecule is CCCCCCCCCCCCOc1cccc(-c2nc3ccccc3nc2-c2cccc(OCCCCCCCCCCCC)c2)c1. The van der Waals surface area contributed by atoms with Gasteiger partial charge in [-0.3, -0.25) is 0 Å². The van der Waals surface area contributed by atoms with E-state index in [1.54, 1.807) is 0 Å². The second kappa shape index (κ2) is 23.0. The van der Waals surface area contributed by atoms with Crippen molar-refractivity contribution in [1.29, 1.82) is 0 Å². The lowest BCUT2D eigenvalue weighted by atomic mass is 10.0. The van der Waals surface area contributed by atoms with Crippen LogP contribution in [-0.4, -0.2) is 23.2 Å². The van der Waals surface area contributed by atoms with Crippen LogP contribution in [0.15, 0.2) is 72.8 Å². The van der Waals surface area contributed by atoms with Gasteiger partial charge in [-0.1, -0.05) is 166 Å². The first kappa shape index (κ1) is 37.4. The quantitative estimate of drug-likeness (QED) is 0.0634. The van der Waals surface area contributed by atoms with Crippen LogP contribution in [-0.2, 0) is 0 Å². The number of rotatable bonds is 26. The molecule has 4 heteroatoms. The van der Waals surface area contributed by atoms with Crippen molar-refractivity contribution >= 4 is 11.0 Å². The summed E-state index contributed by atoms with van der Waals surface area (Å²) in [6, 6.07) is 24.8. The molecule has 0 atom stereocenters. The number of fused-ring (bicyclic) bond motifs is 1. The molecule has 260 valence electrons. The third-order valence-electron chi connectivity index (χ3n) is 9.32. The lowest BCUT2D eigenvalue weighted by Crippen LogP contribution is -2.00. The van der Waals surface area contributed by atoms with Crippen molar-refractivity contribution in [2.45, 2.75) is 142 Å². The number of benzene rings is 3. The average Bonchev–Trinajstić information content (AvgIpc) is 3.12. The highest BCUT2D eigenvalue weighted by Gasteiger charge is 2.15. The highest BCUT2D eigenvalue weighted by molar-refractivity contribution is 5.86. The summed E-state index contributed by atoms with van der Waals surface area (Å²) in [5, 5.41) is 0. The van der Waals surface area contributed by atoms with Crippen molar-refractivity contribution in [2.75, 3.05) is 13.2 Å². The van der Waals surface area contributed by atoms with Crippen molar-refractivity contribution in [2.24, 2.45) is 0 Å². The summed E-state index contributed by atoms with van der Waals surface area (Å²) in [7, 11) is 0. The molecule has 1 aromatic heterocycles. The van der Waals surface area contributed by atoms with Crippen molar-refractivity contribution in [1.82, 2.24) is 9.97 Å². The second-order valence-corrected chi connectivity index (χ2v) is 13.5. The van der Waals surface area contributed by atoms with Gasteiger partial charge in [0.25, 0.3) is 0 Å². The standard InChI is InChI=1S/C44H62N2O2/c1-3-5-7-9-11-13-15-17-19-23-33-47-39-29-25-27-37(35-39)43-44(46-42-32-22-21-31-41(42)45-43)38-28-26-30-40(36-38)48-34-24-20-18-16-14-12-10-8-6-4-2/h21-22,25-32,35-36H,3-20,23-24,33-34H2,1-2H3. The van der Waals surface area contributed by atoms with Crippen LogP contribution in [0.1, 0.15) is 142 Å². The Morgan fingerprint density at radius 1 is 0.396 bits per heavy atom. The van der Waals surface area contributed by atoms with Gasteiger partial charge in [0.05, 0.1) is 35.6 Å². The molecule has 0 N–H and O–H groups in total. The van der Waals surface area contributed by atoms with Gasteiger partial charge in [-0.15, -0.1) is 0 Å². The smallest absolute Gasteiger partial charge is 0.119 e. The molecule has 48 heavy (non-hydrogen) atoms. The lowest BCUT2D eigenvalue weighted by Gasteiger charge is -2.13. The molecule has 4 nitrogen and oxygen atoms in total. The van der Waals surface area contributed by atoms with Crippen molar-refractivity contribution < 1.29 is 9.47 Å². The van der Waals surface area contributed by atoms with Crippen molar-refractivity contribution in [3.8, 4) is 34.0 Å². The Morgan fingerprint density at radius 2 is 0.750 bits per heavy atom. The van der Waals surface area contributed by atoms with E-state index in [9.17, 15) is 0 Å². The summed E-state index contributed by atoms with van der Waals surface area (Å²) in [6.07, 6.45) is 26.5. The third kappa shape index (κ3) is 13.6. The van der Waals surface area contributed by atoms with Gasteiger partial charge in [0.1, 0.15) is 11.5 Å². The third-order valence-corrected chi connectivity index (χ3v) is 9.32. The molecule has 0 aliphatic rings. The first-order valence-corrected chi connectivity index (χ1v) is 19.5. The number of para-hydroxylation sites is 2. The summed E-state index contributed by atoms with van der Waals surface area (Å²) < 4.78 is 12.5. The number of hydrogen-bond acceptors (Lipinski definition) is 4. The fourth-order valence-corrected chi connectivity index (χ4v) is 6.43. The zero-order valence-corrected chi connectivity index (χ0v) is 30.2. The van der Waals surface area contributed by atoms with Crippen LogP contribution in [0.5, 0.6) is 11.5 Å². The Kier molecular flexibility index (Phi) is 18.0. The Morgan fingerprint density at radius 3 is 1.12 bits per heavy atom. The van der Waals surface area contributed by atoms with Crippen LogP contribution in [0.2, 0.25) is 0 Å². The maximum Gasteiger partial charge on any atom is 0.119 e. The fourth-order valence-electron chi connectivity index (χ4n) is 6.43. The largest absolute Gasteiger partial charge is 0.494 e. The normalized spacial score (nSPS) is 11.3. The van der Waals surface area contributed by atoms with Crippen LogP contribution in [0.25, 0.3) is 33.5 Å². The Bertz CT molecular complexity index is 1330. The molecule has 0 fully saturated rings. The molecule has 0 saturated carbocycles. The summed E-state index contributed by atoms with van der Waals surface area (Å²) in [5.41, 5.74) is 5.54. The Balaban J connectivity index is 1.31. The molecule has 1 heterocycles. The van der Waals surface area contributed by atoms with Crippen LogP contribution < -0.4 is 9.47 Å². The number of aromatic nitrogens is 2. The van der Waals surface area contributed by atoms with Gasteiger partial charge in [0, 0.05) is 11.1 Å². The van der Waals surface area contributed by atoms with Gasteiger partial charge in [-0.05, 0) is 49.2 Å². The van der Waals surface area contributed by atoms with E-state index >= 15 is 0 Å². The minimum Gasteiger partial charge on any atom is -0.494 e. The van der Waals surface area contributed by atoms with E-state index in [0.29, 0.717) is 0 Å². The van der Waals surface area contributed by atoms with Crippen LogP contribution in [0.3, 0.4) is 0 Å². The summed E-state index contributed by atoms with van der Waals surface area (Å²) in [4.78, 5) is 10.3. The molecular formula is C44H62N2O2. The second-order valence-electron chi connectivity index (χ2n) is 13.5. The van der Waals surface area contributed by atoms with E-state index < -0.39 is 0 Å². The zero-order valence-electron chi connectivity index (χ0n) is 30.2. The maximum atomic E-state index is 6.23. The molecule has 0 saturated heterocycles. The van der Waals surface area contributed by atoms with E-state index in [1.807, 2.05) is 24.3 Å². The van der Waals surface area contributed by atoms with Gasteiger partial charge >= 0.3 is 0 Å². The minimum atomic E-state index is 0.745. The number of hydrogen-bond donors (Lipinski definition) is 0. The van der Waals surface area contributed by atoms with E-state index in [2.05, 4.69) is 62.4 Å². The molecule has 0 spiro atoms. The maximum absolute atomic E-state index is 6.23. The molecule has 0 aliphatic heterocycles. The van der Waals surface area contributed by atoms with Crippen LogP contribution >= 0.6 is 0 Å². The monoisotopic (exact) mass is 650 g/mol. The van der Waals surface area contributed by atoms with Gasteiger partial charge in [0.15, 0.2) is 0 Å². The molecule has 0 radical (unpaired) electrons. The van der Waals surface area contributed by atoms with E-state index in [4.69, 9.17) is 19.4 Å². The molecule has 3 aromatic carbocycles.